The minimum Gasteiger partial charge on any atom is -0.385 e. The largest absolute Gasteiger partial charge is 0.385 e. The first-order valence-corrected chi connectivity index (χ1v) is 6.07. The molecule has 2 rings (SSSR count). The Labute approximate surface area is 127 Å². The number of carbonyl (C=O) groups excluding carboxylic acids is 1. The molecule has 0 aliphatic rings. The van der Waals surface area contributed by atoms with Crippen molar-refractivity contribution in [1.29, 1.82) is 0 Å². The summed E-state index contributed by atoms with van der Waals surface area (Å²) in [6.07, 6.45) is 0. The zero-order valence-electron chi connectivity index (χ0n) is 11.1. The van der Waals surface area contributed by atoms with E-state index in [4.69, 9.17) is 17.3 Å². The SMILES string of the molecule is CN(C)CC(=O)c1c(N)[nH]c(=O)c2ccc(Cl)cc12.Cl. The van der Waals surface area contributed by atoms with E-state index in [1.165, 1.54) is 0 Å². The van der Waals surface area contributed by atoms with Gasteiger partial charge >= 0.3 is 0 Å². The van der Waals surface area contributed by atoms with Gasteiger partial charge in [-0.2, -0.15) is 0 Å². The summed E-state index contributed by atoms with van der Waals surface area (Å²) >= 11 is 5.93. The summed E-state index contributed by atoms with van der Waals surface area (Å²) < 4.78 is 0. The van der Waals surface area contributed by atoms with E-state index in [0.29, 0.717) is 21.4 Å². The van der Waals surface area contributed by atoms with Crippen molar-refractivity contribution in [3.05, 3.63) is 39.1 Å². The number of aromatic nitrogens is 1. The average molecular weight is 316 g/mol. The first-order valence-electron chi connectivity index (χ1n) is 5.69. The van der Waals surface area contributed by atoms with Gasteiger partial charge in [0.05, 0.1) is 12.1 Å². The molecule has 0 unspecified atom stereocenters. The van der Waals surface area contributed by atoms with E-state index in [-0.39, 0.29) is 36.1 Å². The summed E-state index contributed by atoms with van der Waals surface area (Å²) in [5.41, 5.74) is 5.76. The van der Waals surface area contributed by atoms with Crippen molar-refractivity contribution in [3.63, 3.8) is 0 Å². The second-order valence-electron chi connectivity index (χ2n) is 4.59. The second kappa shape index (κ2) is 6.26. The zero-order chi connectivity index (χ0) is 14.2. The normalized spacial score (nSPS) is 10.6. The molecule has 3 N–H and O–H groups in total. The van der Waals surface area contributed by atoms with E-state index in [9.17, 15) is 9.59 Å². The molecule has 2 aromatic rings. The van der Waals surface area contributed by atoms with Crippen LogP contribution in [0.5, 0.6) is 0 Å². The number of rotatable bonds is 3. The third-order valence-electron chi connectivity index (χ3n) is 2.75. The average Bonchev–Trinajstić information content (AvgIpc) is 2.26. The van der Waals surface area contributed by atoms with Crippen LogP contribution in [-0.4, -0.2) is 36.3 Å². The summed E-state index contributed by atoms with van der Waals surface area (Å²) in [6, 6.07) is 4.78. The number of nitrogen functional groups attached to an aromatic ring is 1. The molecule has 0 atom stereocenters. The molecule has 0 aliphatic heterocycles. The van der Waals surface area contributed by atoms with Crippen molar-refractivity contribution < 1.29 is 4.79 Å². The van der Waals surface area contributed by atoms with Gasteiger partial charge in [-0.1, -0.05) is 11.6 Å². The van der Waals surface area contributed by atoms with Crippen LogP contribution in [0.2, 0.25) is 5.02 Å². The van der Waals surface area contributed by atoms with Crippen molar-refractivity contribution in [2.75, 3.05) is 26.4 Å². The fraction of sp³-hybridized carbons (Fsp3) is 0.231. The van der Waals surface area contributed by atoms with Gasteiger partial charge in [0.1, 0.15) is 5.82 Å². The minimum atomic E-state index is -0.328. The minimum absolute atomic E-state index is 0. The summed E-state index contributed by atoms with van der Waals surface area (Å²) in [5.74, 6) is -0.0855. The van der Waals surface area contributed by atoms with E-state index in [1.807, 2.05) is 0 Å². The molecule has 0 bridgehead atoms. The first-order chi connectivity index (χ1) is 8.90. The maximum absolute atomic E-state index is 12.2. The van der Waals surface area contributed by atoms with Crippen molar-refractivity contribution in [2.45, 2.75) is 0 Å². The maximum Gasteiger partial charge on any atom is 0.257 e. The molecule has 0 amide bonds. The topological polar surface area (TPSA) is 79.2 Å². The Hall–Kier alpha value is -1.56. The number of aromatic amines is 1. The van der Waals surface area contributed by atoms with Gasteiger partial charge in [-0.05, 0) is 32.3 Å². The molecular weight excluding hydrogens is 301 g/mol. The first kappa shape index (κ1) is 16.5. The molecule has 7 heteroatoms. The second-order valence-corrected chi connectivity index (χ2v) is 5.03. The number of Topliss-reactive ketones (excluding diaryl/α,β-unsaturated/α-hetero) is 1. The summed E-state index contributed by atoms with van der Waals surface area (Å²) in [7, 11) is 3.57. The van der Waals surface area contributed by atoms with Crippen LogP contribution in [0.25, 0.3) is 10.8 Å². The Kier molecular flexibility index (Phi) is 5.16. The molecule has 108 valence electrons. The molecule has 1 heterocycles. The lowest BCUT2D eigenvalue weighted by Gasteiger charge is -2.12. The molecule has 20 heavy (non-hydrogen) atoms. The summed E-state index contributed by atoms with van der Waals surface area (Å²) in [5, 5.41) is 1.35. The van der Waals surface area contributed by atoms with Crippen LogP contribution in [0, 0.1) is 0 Å². The summed E-state index contributed by atoms with van der Waals surface area (Å²) in [4.78, 5) is 28.3. The number of hydrogen-bond acceptors (Lipinski definition) is 4. The van der Waals surface area contributed by atoms with Crippen LogP contribution in [0.1, 0.15) is 10.4 Å². The van der Waals surface area contributed by atoms with Crippen LogP contribution in [0.15, 0.2) is 23.0 Å². The third-order valence-corrected chi connectivity index (χ3v) is 2.99. The van der Waals surface area contributed by atoms with Crippen LogP contribution >= 0.6 is 24.0 Å². The van der Waals surface area contributed by atoms with Gasteiger partial charge in [-0.3, -0.25) is 9.59 Å². The number of hydrogen-bond donors (Lipinski definition) is 2. The molecule has 0 spiro atoms. The van der Waals surface area contributed by atoms with Gasteiger partial charge in [0.25, 0.3) is 5.56 Å². The Morgan fingerprint density at radius 1 is 1.35 bits per heavy atom. The number of carbonyl (C=O) groups is 1. The summed E-state index contributed by atoms with van der Waals surface area (Å²) in [6.45, 7) is 0.206. The molecule has 1 aromatic carbocycles. The molecule has 0 radical (unpaired) electrons. The number of benzene rings is 1. The molecule has 5 nitrogen and oxygen atoms in total. The number of pyridine rings is 1. The van der Waals surface area contributed by atoms with Crippen LogP contribution in [0.3, 0.4) is 0 Å². The number of ketones is 1. The highest BCUT2D eigenvalue weighted by molar-refractivity contribution is 6.31. The number of nitrogens with zero attached hydrogens (tertiary/aromatic N) is 1. The predicted molar refractivity (Wildman–Crippen MR) is 84.1 cm³/mol. The number of likely N-dealkylation sites (N-methyl/N-ethyl adjacent to an activating group) is 1. The highest BCUT2D eigenvalue weighted by Crippen LogP contribution is 2.23. The molecule has 0 fully saturated rings. The van der Waals surface area contributed by atoms with Crippen molar-refractivity contribution in [3.8, 4) is 0 Å². The van der Waals surface area contributed by atoms with Gasteiger partial charge in [0.2, 0.25) is 0 Å². The maximum atomic E-state index is 12.2. The highest BCUT2D eigenvalue weighted by atomic mass is 35.5. The van der Waals surface area contributed by atoms with Crippen LogP contribution in [-0.2, 0) is 0 Å². The fourth-order valence-corrected chi connectivity index (χ4v) is 2.16. The van der Waals surface area contributed by atoms with E-state index in [2.05, 4.69) is 4.98 Å². The molecular formula is C13H15Cl2N3O2. The van der Waals surface area contributed by atoms with Gasteiger partial charge in [0.15, 0.2) is 5.78 Å². The van der Waals surface area contributed by atoms with Crippen molar-refractivity contribution in [1.82, 2.24) is 9.88 Å². The number of H-pyrrole nitrogens is 1. The Morgan fingerprint density at radius 2 is 2.00 bits per heavy atom. The van der Waals surface area contributed by atoms with E-state index in [0.717, 1.165) is 0 Å². The van der Waals surface area contributed by atoms with E-state index in [1.54, 1.807) is 37.2 Å². The van der Waals surface area contributed by atoms with Crippen LogP contribution in [0.4, 0.5) is 5.82 Å². The van der Waals surface area contributed by atoms with Gasteiger partial charge < -0.3 is 15.6 Å². The quantitative estimate of drug-likeness (QED) is 0.848. The van der Waals surface area contributed by atoms with E-state index < -0.39 is 0 Å². The monoisotopic (exact) mass is 315 g/mol. The van der Waals surface area contributed by atoms with Gasteiger partial charge in [0, 0.05) is 15.8 Å². The standard InChI is InChI=1S/C13H14ClN3O2.ClH/c1-17(2)6-10(18)11-9-5-7(14)3-4-8(9)13(19)16-12(11)15;/h3-5H,6H2,1-2H3,(H3,15,16,19);1H. The van der Waals surface area contributed by atoms with Gasteiger partial charge in [-0.25, -0.2) is 0 Å². The van der Waals surface area contributed by atoms with Crippen molar-refractivity contribution >= 4 is 46.4 Å². The van der Waals surface area contributed by atoms with E-state index >= 15 is 0 Å². The van der Waals surface area contributed by atoms with Crippen LogP contribution < -0.4 is 11.3 Å². The smallest absolute Gasteiger partial charge is 0.257 e. The lowest BCUT2D eigenvalue weighted by Crippen LogP contribution is -2.24. The Balaban J connectivity index is 0.00000200. The van der Waals surface area contributed by atoms with Gasteiger partial charge in [-0.15, -0.1) is 12.4 Å². The Morgan fingerprint density at radius 3 is 2.60 bits per heavy atom. The zero-order valence-corrected chi connectivity index (χ0v) is 12.6. The molecule has 0 saturated carbocycles. The Bertz CT molecular complexity index is 711. The van der Waals surface area contributed by atoms with Crippen molar-refractivity contribution in [2.24, 2.45) is 0 Å². The fourth-order valence-electron chi connectivity index (χ4n) is 1.99. The predicted octanol–water partition coefficient (Wildman–Crippen LogP) is 1.93. The molecule has 1 aromatic heterocycles. The number of nitrogens with one attached hydrogen (secondary N) is 1. The third kappa shape index (κ3) is 3.12. The number of anilines is 1. The lowest BCUT2D eigenvalue weighted by molar-refractivity contribution is 0.0960. The molecule has 0 aliphatic carbocycles. The number of nitrogens with two attached hydrogens (primary N) is 1. The molecule has 0 saturated heterocycles. The highest BCUT2D eigenvalue weighted by Gasteiger charge is 2.17. The number of halogens is 2. The number of fused-ring (bicyclic) bond motifs is 1. The lowest BCUT2D eigenvalue weighted by atomic mass is 10.0.